The fraction of sp³-hybridized carbons (Fsp3) is 0.625. The van der Waals surface area contributed by atoms with Crippen LogP contribution in [0.5, 0.6) is 0 Å². The molecule has 0 N–H and O–H groups in total. The quantitative estimate of drug-likeness (QED) is 0.468. The van der Waals surface area contributed by atoms with E-state index in [1.807, 2.05) is 6.21 Å². The molecule has 0 fully saturated rings. The standard InChI is InChI=1S/C8H13N/c1-7-4-5-8(2,3)9-6-7/h4,6H,5H2,1-3H3. The van der Waals surface area contributed by atoms with Crippen LogP contribution in [0.25, 0.3) is 0 Å². The predicted octanol–water partition coefficient (Wildman–Crippen LogP) is 2.19. The van der Waals surface area contributed by atoms with E-state index in [4.69, 9.17) is 0 Å². The molecule has 0 amide bonds. The Kier molecular flexibility index (Phi) is 1.43. The van der Waals surface area contributed by atoms with Gasteiger partial charge in [-0.2, -0.15) is 0 Å². The summed E-state index contributed by atoms with van der Waals surface area (Å²) in [5.74, 6) is 0. The first-order chi connectivity index (χ1) is 4.10. The number of hydrogen-bond acceptors (Lipinski definition) is 1. The highest BCUT2D eigenvalue weighted by atomic mass is 14.8. The topological polar surface area (TPSA) is 12.4 Å². The molecule has 1 heteroatoms. The van der Waals surface area contributed by atoms with Crippen LogP contribution in [0.3, 0.4) is 0 Å². The van der Waals surface area contributed by atoms with E-state index in [1.165, 1.54) is 5.57 Å². The average molecular weight is 123 g/mol. The minimum atomic E-state index is 0.152. The third-order valence-corrected chi connectivity index (χ3v) is 1.54. The second kappa shape index (κ2) is 1.98. The van der Waals surface area contributed by atoms with E-state index in [2.05, 4.69) is 31.8 Å². The zero-order valence-electron chi connectivity index (χ0n) is 6.31. The van der Waals surface area contributed by atoms with E-state index in [-0.39, 0.29) is 5.54 Å². The molecule has 0 spiro atoms. The van der Waals surface area contributed by atoms with Gasteiger partial charge in [-0.1, -0.05) is 6.08 Å². The van der Waals surface area contributed by atoms with E-state index in [0.717, 1.165) is 6.42 Å². The fourth-order valence-electron chi connectivity index (χ4n) is 0.793. The molecule has 1 rings (SSSR count). The molecule has 0 saturated carbocycles. The lowest BCUT2D eigenvalue weighted by Gasteiger charge is -2.20. The lowest BCUT2D eigenvalue weighted by molar-refractivity contribution is 0.527. The summed E-state index contributed by atoms with van der Waals surface area (Å²) < 4.78 is 0. The van der Waals surface area contributed by atoms with Crippen molar-refractivity contribution in [3.63, 3.8) is 0 Å². The number of rotatable bonds is 0. The Hall–Kier alpha value is -0.590. The zero-order chi connectivity index (χ0) is 6.91. The molecule has 0 bridgehead atoms. The smallest absolute Gasteiger partial charge is 0.0586 e. The van der Waals surface area contributed by atoms with Gasteiger partial charge in [0.25, 0.3) is 0 Å². The minimum absolute atomic E-state index is 0.152. The van der Waals surface area contributed by atoms with Gasteiger partial charge in [-0.3, -0.25) is 4.99 Å². The molecule has 1 aliphatic rings. The first-order valence-electron chi connectivity index (χ1n) is 3.32. The third kappa shape index (κ3) is 1.67. The Morgan fingerprint density at radius 2 is 2.22 bits per heavy atom. The summed E-state index contributed by atoms with van der Waals surface area (Å²) >= 11 is 0. The maximum Gasteiger partial charge on any atom is 0.0586 e. The van der Waals surface area contributed by atoms with E-state index in [0.29, 0.717) is 0 Å². The molecule has 0 radical (unpaired) electrons. The van der Waals surface area contributed by atoms with E-state index in [9.17, 15) is 0 Å². The van der Waals surface area contributed by atoms with Crippen LogP contribution in [0.1, 0.15) is 27.2 Å². The Morgan fingerprint density at radius 3 is 2.56 bits per heavy atom. The average Bonchev–Trinajstić information content (AvgIpc) is 1.78. The molecule has 9 heavy (non-hydrogen) atoms. The number of allylic oxidation sites excluding steroid dienone is 1. The number of aliphatic imine (C=N–C) groups is 1. The van der Waals surface area contributed by atoms with Crippen LogP contribution in [0, 0.1) is 0 Å². The summed E-state index contributed by atoms with van der Waals surface area (Å²) in [6, 6.07) is 0. The Morgan fingerprint density at radius 1 is 1.56 bits per heavy atom. The van der Waals surface area contributed by atoms with Gasteiger partial charge < -0.3 is 0 Å². The largest absolute Gasteiger partial charge is 0.287 e. The van der Waals surface area contributed by atoms with Crippen LogP contribution in [0.15, 0.2) is 16.6 Å². The molecule has 0 unspecified atom stereocenters. The maximum atomic E-state index is 4.35. The van der Waals surface area contributed by atoms with Crippen LogP contribution in [-0.2, 0) is 0 Å². The lowest BCUT2D eigenvalue weighted by Crippen LogP contribution is -2.18. The Balaban J connectivity index is 2.70. The molecule has 1 heterocycles. The molecular formula is C8H13N. The maximum absolute atomic E-state index is 4.35. The molecule has 50 valence electrons. The van der Waals surface area contributed by atoms with E-state index < -0.39 is 0 Å². The van der Waals surface area contributed by atoms with Crippen molar-refractivity contribution in [1.29, 1.82) is 0 Å². The third-order valence-electron chi connectivity index (χ3n) is 1.54. The van der Waals surface area contributed by atoms with Crippen molar-refractivity contribution in [1.82, 2.24) is 0 Å². The van der Waals surface area contributed by atoms with Gasteiger partial charge in [0.2, 0.25) is 0 Å². The molecular weight excluding hydrogens is 110 g/mol. The molecule has 0 aromatic heterocycles. The molecule has 1 aliphatic heterocycles. The monoisotopic (exact) mass is 123 g/mol. The second-order valence-corrected chi connectivity index (χ2v) is 3.22. The van der Waals surface area contributed by atoms with Gasteiger partial charge in [0, 0.05) is 6.21 Å². The van der Waals surface area contributed by atoms with Crippen molar-refractivity contribution in [2.75, 3.05) is 0 Å². The first-order valence-corrected chi connectivity index (χ1v) is 3.32. The highest BCUT2D eigenvalue weighted by Gasteiger charge is 2.15. The van der Waals surface area contributed by atoms with Gasteiger partial charge in [-0.25, -0.2) is 0 Å². The van der Waals surface area contributed by atoms with Crippen LogP contribution in [0.4, 0.5) is 0 Å². The van der Waals surface area contributed by atoms with Crippen molar-refractivity contribution in [2.45, 2.75) is 32.7 Å². The van der Waals surface area contributed by atoms with Gasteiger partial charge >= 0.3 is 0 Å². The number of hydrogen-bond donors (Lipinski definition) is 0. The normalized spacial score (nSPS) is 23.7. The summed E-state index contributed by atoms with van der Waals surface area (Å²) in [4.78, 5) is 4.35. The first kappa shape index (κ1) is 6.53. The van der Waals surface area contributed by atoms with Crippen molar-refractivity contribution < 1.29 is 0 Å². The molecule has 0 saturated heterocycles. The number of dihydropyridines is 1. The second-order valence-electron chi connectivity index (χ2n) is 3.22. The highest BCUT2D eigenvalue weighted by Crippen LogP contribution is 2.19. The lowest BCUT2D eigenvalue weighted by atomic mass is 9.98. The number of nitrogens with zero attached hydrogens (tertiary/aromatic N) is 1. The van der Waals surface area contributed by atoms with E-state index >= 15 is 0 Å². The minimum Gasteiger partial charge on any atom is -0.287 e. The summed E-state index contributed by atoms with van der Waals surface area (Å²) in [5, 5.41) is 0. The van der Waals surface area contributed by atoms with Gasteiger partial charge in [0.05, 0.1) is 5.54 Å². The Bertz CT molecular complexity index is 163. The van der Waals surface area contributed by atoms with Crippen molar-refractivity contribution in [3.8, 4) is 0 Å². The molecule has 0 atom stereocenters. The SMILES string of the molecule is CC1=CCC(C)(C)N=C1. The summed E-state index contributed by atoms with van der Waals surface area (Å²) in [5.41, 5.74) is 1.44. The summed E-state index contributed by atoms with van der Waals surface area (Å²) in [6.45, 7) is 6.37. The van der Waals surface area contributed by atoms with Gasteiger partial charge in [-0.15, -0.1) is 0 Å². The van der Waals surface area contributed by atoms with Crippen LogP contribution in [0.2, 0.25) is 0 Å². The zero-order valence-corrected chi connectivity index (χ0v) is 6.31. The highest BCUT2D eigenvalue weighted by molar-refractivity contribution is 5.78. The van der Waals surface area contributed by atoms with E-state index in [1.54, 1.807) is 0 Å². The predicted molar refractivity (Wildman–Crippen MR) is 40.9 cm³/mol. The molecule has 0 aromatic rings. The van der Waals surface area contributed by atoms with Crippen molar-refractivity contribution >= 4 is 6.21 Å². The summed E-state index contributed by atoms with van der Waals surface area (Å²) in [7, 11) is 0. The van der Waals surface area contributed by atoms with Crippen molar-refractivity contribution in [3.05, 3.63) is 11.6 Å². The molecule has 0 aromatic carbocycles. The Labute approximate surface area is 56.5 Å². The van der Waals surface area contributed by atoms with Crippen LogP contribution >= 0.6 is 0 Å². The fourth-order valence-corrected chi connectivity index (χ4v) is 0.793. The van der Waals surface area contributed by atoms with Gasteiger partial charge in [0.15, 0.2) is 0 Å². The summed E-state index contributed by atoms with van der Waals surface area (Å²) in [6.07, 6.45) is 5.26. The molecule has 0 aliphatic carbocycles. The van der Waals surface area contributed by atoms with Crippen LogP contribution < -0.4 is 0 Å². The van der Waals surface area contributed by atoms with Crippen molar-refractivity contribution in [2.24, 2.45) is 4.99 Å². The van der Waals surface area contributed by atoms with Gasteiger partial charge in [-0.05, 0) is 32.8 Å². The van der Waals surface area contributed by atoms with Gasteiger partial charge in [0.1, 0.15) is 0 Å². The molecule has 1 nitrogen and oxygen atoms in total. The van der Waals surface area contributed by atoms with Crippen LogP contribution in [-0.4, -0.2) is 11.8 Å².